The second-order valence-electron chi connectivity index (χ2n) is 6.10. The van der Waals surface area contributed by atoms with Crippen molar-refractivity contribution < 1.29 is 5.11 Å². The molecule has 1 aliphatic rings. The van der Waals surface area contributed by atoms with Crippen molar-refractivity contribution >= 4 is 0 Å². The molecule has 19 heavy (non-hydrogen) atoms. The minimum Gasteiger partial charge on any atom is -0.393 e. The summed E-state index contributed by atoms with van der Waals surface area (Å²) in [7, 11) is 2.16. The predicted molar refractivity (Wildman–Crippen MR) is 79.9 cm³/mol. The van der Waals surface area contributed by atoms with Gasteiger partial charge < -0.3 is 10.0 Å². The summed E-state index contributed by atoms with van der Waals surface area (Å²) in [4.78, 5) is 2.35. The zero-order chi connectivity index (χ0) is 13.7. The summed E-state index contributed by atoms with van der Waals surface area (Å²) in [6, 6.07) is 10.6. The number of hydrogen-bond donors (Lipinski definition) is 1. The lowest BCUT2D eigenvalue weighted by Crippen LogP contribution is -2.37. The molecular formula is C17H27NO. The fourth-order valence-corrected chi connectivity index (χ4v) is 3.27. The number of rotatable bonds is 5. The first-order valence-corrected chi connectivity index (χ1v) is 7.59. The Balaban J connectivity index is 1.85. The van der Waals surface area contributed by atoms with Crippen LogP contribution in [0.5, 0.6) is 0 Å². The maximum atomic E-state index is 10.2. The molecule has 0 radical (unpaired) electrons. The number of hydrogen-bond acceptors (Lipinski definition) is 2. The largest absolute Gasteiger partial charge is 0.393 e. The van der Waals surface area contributed by atoms with Gasteiger partial charge in [0.1, 0.15) is 0 Å². The molecule has 106 valence electrons. The van der Waals surface area contributed by atoms with Crippen molar-refractivity contribution in [3.05, 3.63) is 35.9 Å². The van der Waals surface area contributed by atoms with Gasteiger partial charge in [-0.1, -0.05) is 43.7 Å². The van der Waals surface area contributed by atoms with Gasteiger partial charge in [-0.15, -0.1) is 0 Å². The summed E-state index contributed by atoms with van der Waals surface area (Å²) >= 11 is 0. The SMILES string of the molecule is CCC1CCC(O)C(CN(C)Cc2ccccc2)C1. The summed E-state index contributed by atoms with van der Waals surface area (Å²) in [6.45, 7) is 4.25. The van der Waals surface area contributed by atoms with Crippen molar-refractivity contribution in [2.24, 2.45) is 11.8 Å². The maximum Gasteiger partial charge on any atom is 0.0580 e. The zero-order valence-corrected chi connectivity index (χ0v) is 12.3. The van der Waals surface area contributed by atoms with Crippen LogP contribution in [0.2, 0.25) is 0 Å². The van der Waals surface area contributed by atoms with Crippen LogP contribution in [0.4, 0.5) is 0 Å². The molecule has 0 aliphatic heterocycles. The van der Waals surface area contributed by atoms with Crippen LogP contribution in [-0.2, 0) is 6.54 Å². The first-order chi connectivity index (χ1) is 9.19. The van der Waals surface area contributed by atoms with Crippen LogP contribution in [0.3, 0.4) is 0 Å². The van der Waals surface area contributed by atoms with Crippen molar-refractivity contribution in [3.63, 3.8) is 0 Å². The lowest BCUT2D eigenvalue weighted by Gasteiger charge is -2.35. The lowest BCUT2D eigenvalue weighted by molar-refractivity contribution is 0.0298. The van der Waals surface area contributed by atoms with E-state index in [1.165, 1.54) is 24.8 Å². The van der Waals surface area contributed by atoms with Gasteiger partial charge in [-0.3, -0.25) is 0 Å². The molecule has 0 amide bonds. The Hall–Kier alpha value is -0.860. The molecule has 2 rings (SSSR count). The van der Waals surface area contributed by atoms with Crippen LogP contribution in [0, 0.1) is 11.8 Å². The number of benzene rings is 1. The van der Waals surface area contributed by atoms with Crippen molar-refractivity contribution in [2.45, 2.75) is 45.3 Å². The van der Waals surface area contributed by atoms with E-state index < -0.39 is 0 Å². The second kappa shape index (κ2) is 7.06. The normalized spacial score (nSPS) is 27.7. The highest BCUT2D eigenvalue weighted by atomic mass is 16.3. The Labute approximate surface area is 117 Å². The molecule has 2 nitrogen and oxygen atoms in total. The van der Waals surface area contributed by atoms with Crippen LogP contribution < -0.4 is 0 Å². The van der Waals surface area contributed by atoms with E-state index in [0.717, 1.165) is 25.4 Å². The molecule has 0 bridgehead atoms. The first-order valence-electron chi connectivity index (χ1n) is 7.59. The Morgan fingerprint density at radius 1 is 1.21 bits per heavy atom. The van der Waals surface area contributed by atoms with E-state index in [1.54, 1.807) is 0 Å². The quantitative estimate of drug-likeness (QED) is 0.879. The summed E-state index contributed by atoms with van der Waals surface area (Å²) < 4.78 is 0. The Kier molecular flexibility index (Phi) is 5.41. The Bertz CT molecular complexity index is 365. The zero-order valence-electron chi connectivity index (χ0n) is 12.3. The topological polar surface area (TPSA) is 23.5 Å². The lowest BCUT2D eigenvalue weighted by atomic mass is 9.78. The molecule has 1 N–H and O–H groups in total. The average Bonchev–Trinajstić information content (AvgIpc) is 2.42. The van der Waals surface area contributed by atoms with E-state index in [9.17, 15) is 5.11 Å². The van der Waals surface area contributed by atoms with Gasteiger partial charge in [-0.25, -0.2) is 0 Å². The fourth-order valence-electron chi connectivity index (χ4n) is 3.27. The predicted octanol–water partition coefficient (Wildman–Crippen LogP) is 3.31. The summed E-state index contributed by atoms with van der Waals surface area (Å²) in [6.07, 6.45) is 4.54. The maximum absolute atomic E-state index is 10.2. The molecule has 0 saturated heterocycles. The summed E-state index contributed by atoms with van der Waals surface area (Å²) in [5.74, 6) is 1.27. The molecule has 0 spiro atoms. The van der Waals surface area contributed by atoms with Gasteiger partial charge in [0.25, 0.3) is 0 Å². The molecular weight excluding hydrogens is 234 g/mol. The van der Waals surface area contributed by atoms with Crippen LogP contribution in [0.1, 0.15) is 38.2 Å². The molecule has 3 atom stereocenters. The second-order valence-corrected chi connectivity index (χ2v) is 6.10. The monoisotopic (exact) mass is 261 g/mol. The van der Waals surface area contributed by atoms with Crippen LogP contribution in [0.25, 0.3) is 0 Å². The molecule has 0 heterocycles. The minimum absolute atomic E-state index is 0.0963. The van der Waals surface area contributed by atoms with Gasteiger partial charge in [0, 0.05) is 13.1 Å². The van der Waals surface area contributed by atoms with E-state index in [-0.39, 0.29) is 6.10 Å². The van der Waals surface area contributed by atoms with Crippen LogP contribution >= 0.6 is 0 Å². The number of aliphatic hydroxyl groups is 1. The Morgan fingerprint density at radius 3 is 2.63 bits per heavy atom. The molecule has 1 saturated carbocycles. The summed E-state index contributed by atoms with van der Waals surface area (Å²) in [5, 5.41) is 10.2. The third-order valence-electron chi connectivity index (χ3n) is 4.47. The van der Waals surface area contributed by atoms with E-state index in [4.69, 9.17) is 0 Å². The van der Waals surface area contributed by atoms with Crippen LogP contribution in [0.15, 0.2) is 30.3 Å². The molecule has 1 aliphatic carbocycles. The summed E-state index contributed by atoms with van der Waals surface area (Å²) in [5.41, 5.74) is 1.35. The van der Waals surface area contributed by atoms with E-state index in [2.05, 4.69) is 49.2 Å². The number of nitrogens with zero attached hydrogens (tertiary/aromatic N) is 1. The van der Waals surface area contributed by atoms with Crippen molar-refractivity contribution in [3.8, 4) is 0 Å². The number of aliphatic hydroxyl groups excluding tert-OH is 1. The molecule has 1 fully saturated rings. The van der Waals surface area contributed by atoms with Gasteiger partial charge >= 0.3 is 0 Å². The van der Waals surface area contributed by atoms with Gasteiger partial charge in [-0.2, -0.15) is 0 Å². The van der Waals surface area contributed by atoms with E-state index >= 15 is 0 Å². The van der Waals surface area contributed by atoms with Gasteiger partial charge in [0.15, 0.2) is 0 Å². The highest BCUT2D eigenvalue weighted by Crippen LogP contribution is 2.31. The highest BCUT2D eigenvalue weighted by Gasteiger charge is 2.28. The van der Waals surface area contributed by atoms with Gasteiger partial charge in [0.2, 0.25) is 0 Å². The van der Waals surface area contributed by atoms with Crippen molar-refractivity contribution in [1.82, 2.24) is 4.90 Å². The minimum atomic E-state index is -0.0963. The highest BCUT2D eigenvalue weighted by molar-refractivity contribution is 5.14. The smallest absolute Gasteiger partial charge is 0.0580 e. The van der Waals surface area contributed by atoms with E-state index in [1.807, 2.05) is 0 Å². The molecule has 1 aromatic rings. The van der Waals surface area contributed by atoms with Gasteiger partial charge in [-0.05, 0) is 43.7 Å². The van der Waals surface area contributed by atoms with E-state index in [0.29, 0.717) is 5.92 Å². The van der Waals surface area contributed by atoms with Gasteiger partial charge in [0.05, 0.1) is 6.10 Å². The fraction of sp³-hybridized carbons (Fsp3) is 0.647. The van der Waals surface area contributed by atoms with Crippen LogP contribution in [-0.4, -0.2) is 29.7 Å². The van der Waals surface area contributed by atoms with Crippen molar-refractivity contribution in [2.75, 3.05) is 13.6 Å². The third-order valence-corrected chi connectivity index (χ3v) is 4.47. The Morgan fingerprint density at radius 2 is 1.95 bits per heavy atom. The molecule has 1 aromatic carbocycles. The molecule has 3 unspecified atom stereocenters. The molecule has 0 aromatic heterocycles. The molecule has 2 heteroatoms. The standard InChI is InChI=1S/C17H27NO/c1-3-14-9-10-17(19)16(11-14)13-18(2)12-15-7-5-4-6-8-15/h4-8,14,16-17,19H,3,9-13H2,1-2H3. The first kappa shape index (κ1) is 14.5. The van der Waals surface area contributed by atoms with Crippen molar-refractivity contribution in [1.29, 1.82) is 0 Å². The average molecular weight is 261 g/mol. The third kappa shape index (κ3) is 4.32.